The largest absolute Gasteiger partial charge is 0.354 e. The molecular formula is C24H30Cl2N2O2S. The molecule has 2 amide bonds. The van der Waals surface area contributed by atoms with E-state index in [4.69, 9.17) is 23.2 Å². The molecule has 2 aromatic carbocycles. The third-order valence-electron chi connectivity index (χ3n) is 4.92. The highest BCUT2D eigenvalue weighted by Gasteiger charge is 2.28. The number of hydrogen-bond acceptors (Lipinski definition) is 3. The van der Waals surface area contributed by atoms with E-state index in [1.54, 1.807) is 17.0 Å². The summed E-state index contributed by atoms with van der Waals surface area (Å²) in [5.74, 6) is 0.746. The summed E-state index contributed by atoms with van der Waals surface area (Å²) in [7, 11) is 0. The van der Waals surface area contributed by atoms with Crippen molar-refractivity contribution >= 4 is 46.8 Å². The number of halogens is 2. The maximum Gasteiger partial charge on any atom is 0.242 e. The van der Waals surface area contributed by atoms with Crippen molar-refractivity contribution in [3.05, 3.63) is 69.7 Å². The van der Waals surface area contributed by atoms with Gasteiger partial charge >= 0.3 is 0 Å². The van der Waals surface area contributed by atoms with E-state index in [1.807, 2.05) is 43.3 Å². The molecule has 0 saturated heterocycles. The van der Waals surface area contributed by atoms with Crippen LogP contribution in [0.1, 0.15) is 44.2 Å². The van der Waals surface area contributed by atoms with Gasteiger partial charge in [0.25, 0.3) is 0 Å². The van der Waals surface area contributed by atoms with Gasteiger partial charge in [-0.05, 0) is 42.2 Å². The second kappa shape index (κ2) is 13.7. The Hall–Kier alpha value is -1.69. The monoisotopic (exact) mass is 480 g/mol. The Bertz CT molecular complexity index is 846. The van der Waals surface area contributed by atoms with Crippen LogP contribution >= 0.6 is 35.0 Å². The third kappa shape index (κ3) is 8.40. The fourth-order valence-electron chi connectivity index (χ4n) is 3.16. The average molecular weight is 481 g/mol. The fourth-order valence-corrected chi connectivity index (χ4v) is 4.48. The third-order valence-corrected chi connectivity index (χ3v) is 6.51. The molecule has 0 heterocycles. The maximum atomic E-state index is 13.2. The van der Waals surface area contributed by atoms with E-state index >= 15 is 0 Å². The van der Waals surface area contributed by atoms with Gasteiger partial charge in [0, 0.05) is 28.9 Å². The molecule has 0 fully saturated rings. The number of amides is 2. The van der Waals surface area contributed by atoms with Crippen molar-refractivity contribution in [2.75, 3.05) is 12.3 Å². The number of unbranched alkanes of at least 4 members (excludes halogenated alkanes) is 1. The topological polar surface area (TPSA) is 49.4 Å². The van der Waals surface area contributed by atoms with Crippen LogP contribution in [0.25, 0.3) is 0 Å². The molecule has 0 bridgehead atoms. The summed E-state index contributed by atoms with van der Waals surface area (Å²) in [6.45, 7) is 5.00. The van der Waals surface area contributed by atoms with Crippen LogP contribution in [0.4, 0.5) is 0 Å². The Morgan fingerprint density at radius 1 is 1.06 bits per heavy atom. The van der Waals surface area contributed by atoms with Crippen LogP contribution in [0.15, 0.2) is 48.5 Å². The molecule has 1 unspecified atom stereocenters. The van der Waals surface area contributed by atoms with E-state index in [9.17, 15) is 9.59 Å². The lowest BCUT2D eigenvalue weighted by Gasteiger charge is -2.30. The lowest BCUT2D eigenvalue weighted by Crippen LogP contribution is -2.49. The van der Waals surface area contributed by atoms with Gasteiger partial charge in [-0.15, -0.1) is 11.8 Å². The molecule has 4 nitrogen and oxygen atoms in total. The smallest absolute Gasteiger partial charge is 0.242 e. The van der Waals surface area contributed by atoms with Crippen LogP contribution in [0.5, 0.6) is 0 Å². The summed E-state index contributed by atoms with van der Waals surface area (Å²) in [4.78, 5) is 27.7. The number of benzene rings is 2. The first-order valence-corrected chi connectivity index (χ1v) is 12.5. The molecule has 2 rings (SSSR count). The number of hydrogen-bond donors (Lipinski definition) is 1. The Kier molecular flexibility index (Phi) is 11.3. The number of thioether (sulfide) groups is 1. The van der Waals surface area contributed by atoms with Crippen LogP contribution in [-0.2, 0) is 21.9 Å². The SMILES string of the molecule is CCCCNC(=O)C(CC)N(Cc1ccc(Cl)cc1)C(=O)CSCc1ccccc1Cl. The zero-order chi connectivity index (χ0) is 22.6. The van der Waals surface area contributed by atoms with Gasteiger partial charge < -0.3 is 10.2 Å². The summed E-state index contributed by atoms with van der Waals surface area (Å²) < 4.78 is 0. The predicted molar refractivity (Wildman–Crippen MR) is 132 cm³/mol. The molecule has 0 saturated carbocycles. The summed E-state index contributed by atoms with van der Waals surface area (Å²) in [5, 5.41) is 4.31. The molecule has 0 aliphatic rings. The van der Waals surface area contributed by atoms with Gasteiger partial charge in [0.1, 0.15) is 6.04 Å². The first-order valence-electron chi connectivity index (χ1n) is 10.6. The molecule has 0 radical (unpaired) electrons. The molecule has 0 aromatic heterocycles. The van der Waals surface area contributed by atoms with Crippen LogP contribution in [-0.4, -0.2) is 35.1 Å². The van der Waals surface area contributed by atoms with Crippen molar-refractivity contribution in [2.45, 2.75) is 51.4 Å². The minimum absolute atomic E-state index is 0.0653. The first-order chi connectivity index (χ1) is 15.0. The molecule has 1 atom stereocenters. The van der Waals surface area contributed by atoms with Crippen molar-refractivity contribution in [2.24, 2.45) is 0 Å². The normalized spacial score (nSPS) is 11.7. The van der Waals surface area contributed by atoms with Gasteiger partial charge in [-0.3, -0.25) is 9.59 Å². The van der Waals surface area contributed by atoms with Crippen molar-refractivity contribution in [3.63, 3.8) is 0 Å². The van der Waals surface area contributed by atoms with Crippen molar-refractivity contribution in [1.82, 2.24) is 10.2 Å². The lowest BCUT2D eigenvalue weighted by atomic mass is 10.1. The van der Waals surface area contributed by atoms with Crippen molar-refractivity contribution in [3.8, 4) is 0 Å². The van der Waals surface area contributed by atoms with E-state index < -0.39 is 6.04 Å². The molecule has 31 heavy (non-hydrogen) atoms. The number of nitrogens with zero attached hydrogens (tertiary/aromatic N) is 1. The van der Waals surface area contributed by atoms with Crippen LogP contribution in [0, 0.1) is 0 Å². The van der Waals surface area contributed by atoms with Gasteiger partial charge in [-0.2, -0.15) is 0 Å². The van der Waals surface area contributed by atoms with E-state index in [0.29, 0.717) is 35.3 Å². The predicted octanol–water partition coefficient (Wildman–Crippen LogP) is 5.95. The summed E-state index contributed by atoms with van der Waals surface area (Å²) in [5.41, 5.74) is 1.93. The molecular weight excluding hydrogens is 451 g/mol. The maximum absolute atomic E-state index is 13.2. The van der Waals surface area contributed by atoms with E-state index in [2.05, 4.69) is 12.2 Å². The standard InChI is InChI=1S/C24H30Cl2N2O2S/c1-3-5-14-27-24(30)22(4-2)28(15-18-10-12-20(25)13-11-18)23(29)17-31-16-19-8-6-7-9-21(19)26/h6-13,22H,3-5,14-17H2,1-2H3,(H,27,30). The van der Waals surface area contributed by atoms with E-state index in [1.165, 1.54) is 11.8 Å². The molecule has 7 heteroatoms. The first kappa shape index (κ1) is 25.6. The highest BCUT2D eigenvalue weighted by molar-refractivity contribution is 7.99. The van der Waals surface area contributed by atoms with Crippen LogP contribution < -0.4 is 5.32 Å². The second-order valence-electron chi connectivity index (χ2n) is 7.30. The number of rotatable bonds is 12. The number of nitrogens with one attached hydrogen (secondary N) is 1. The number of carbonyl (C=O) groups excluding carboxylic acids is 2. The lowest BCUT2D eigenvalue weighted by molar-refractivity contribution is -0.139. The van der Waals surface area contributed by atoms with E-state index in [0.717, 1.165) is 24.0 Å². The van der Waals surface area contributed by atoms with Gasteiger partial charge in [0.2, 0.25) is 11.8 Å². The second-order valence-corrected chi connectivity index (χ2v) is 9.13. The molecule has 2 aromatic rings. The molecule has 0 aliphatic carbocycles. The Balaban J connectivity index is 2.10. The molecule has 0 spiro atoms. The van der Waals surface area contributed by atoms with Crippen molar-refractivity contribution in [1.29, 1.82) is 0 Å². The average Bonchev–Trinajstić information content (AvgIpc) is 2.76. The Morgan fingerprint density at radius 3 is 2.42 bits per heavy atom. The molecule has 1 N–H and O–H groups in total. The van der Waals surface area contributed by atoms with E-state index in [-0.39, 0.29) is 17.6 Å². The van der Waals surface area contributed by atoms with Crippen LogP contribution in [0.3, 0.4) is 0 Å². The number of carbonyl (C=O) groups is 2. The molecule has 168 valence electrons. The van der Waals surface area contributed by atoms with Crippen LogP contribution in [0.2, 0.25) is 10.0 Å². The molecule has 0 aliphatic heterocycles. The van der Waals surface area contributed by atoms with Gasteiger partial charge in [0.15, 0.2) is 0 Å². The quantitative estimate of drug-likeness (QED) is 0.381. The summed E-state index contributed by atoms with van der Waals surface area (Å²) >= 11 is 13.7. The summed E-state index contributed by atoms with van der Waals surface area (Å²) in [6.07, 6.45) is 2.47. The van der Waals surface area contributed by atoms with Crippen molar-refractivity contribution < 1.29 is 9.59 Å². The Morgan fingerprint density at radius 2 is 1.77 bits per heavy atom. The minimum Gasteiger partial charge on any atom is -0.354 e. The Labute approximate surface area is 199 Å². The van der Waals surface area contributed by atoms with Gasteiger partial charge in [0.05, 0.1) is 5.75 Å². The zero-order valence-corrected chi connectivity index (χ0v) is 20.4. The van der Waals surface area contributed by atoms with Gasteiger partial charge in [-0.1, -0.05) is 73.8 Å². The van der Waals surface area contributed by atoms with Gasteiger partial charge in [-0.25, -0.2) is 0 Å². The highest BCUT2D eigenvalue weighted by Crippen LogP contribution is 2.22. The highest BCUT2D eigenvalue weighted by atomic mass is 35.5. The summed E-state index contributed by atoms with van der Waals surface area (Å²) in [6, 6.07) is 14.5. The minimum atomic E-state index is -0.513. The zero-order valence-electron chi connectivity index (χ0n) is 18.1. The fraction of sp³-hybridized carbons (Fsp3) is 0.417.